The molecule has 47 valence electrons. The Balaban J connectivity index is 0.000000291. The van der Waals surface area contributed by atoms with E-state index >= 15 is 0 Å². The van der Waals surface area contributed by atoms with E-state index in [0.717, 1.165) is 0 Å². The predicted octanol–water partition coefficient (Wildman–Crippen LogP) is 0.818. The Kier molecular flexibility index (Phi) is 4.04. The second-order valence-electron chi connectivity index (χ2n) is 1.13. The van der Waals surface area contributed by atoms with Crippen molar-refractivity contribution in [3.05, 3.63) is 24.2 Å². The third kappa shape index (κ3) is 2.43. The van der Waals surface area contributed by atoms with Crippen molar-refractivity contribution >= 4 is 13.1 Å². The van der Waals surface area contributed by atoms with Crippen LogP contribution in [-0.4, -0.2) is 13.1 Å². The lowest BCUT2D eigenvalue weighted by atomic mass is 10.5. The Labute approximate surface area is 52.3 Å². The fraction of sp³-hybridized carbons (Fsp3) is 0. The van der Waals surface area contributed by atoms with Crippen molar-refractivity contribution < 1.29 is 14.0 Å². The van der Waals surface area contributed by atoms with Gasteiger partial charge in [-0.05, 0) is 12.1 Å². The maximum atomic E-state index is 9.77. The number of hydrogen-bond acceptors (Lipinski definition) is 3. The Hall–Kier alpha value is -1.38. The smallest absolute Gasteiger partial charge is 0.185 e. The molecule has 1 rings (SSSR count). The van der Waals surface area contributed by atoms with Gasteiger partial charge in [-0.1, -0.05) is 0 Å². The maximum absolute atomic E-state index is 9.77. The number of rotatable bonds is 1. The second kappa shape index (κ2) is 4.77. The van der Waals surface area contributed by atoms with Gasteiger partial charge in [-0.25, -0.2) is 0 Å². The van der Waals surface area contributed by atoms with Crippen molar-refractivity contribution in [1.29, 1.82) is 0 Å². The summed E-state index contributed by atoms with van der Waals surface area (Å²) < 4.78 is 4.61. The molecule has 0 aliphatic heterocycles. The summed E-state index contributed by atoms with van der Waals surface area (Å²) in [7, 11) is 0. The van der Waals surface area contributed by atoms with Gasteiger partial charge >= 0.3 is 0 Å². The van der Waals surface area contributed by atoms with Crippen molar-refractivity contribution in [3.63, 3.8) is 0 Å². The summed E-state index contributed by atoms with van der Waals surface area (Å²) in [4.78, 5) is 17.5. The van der Waals surface area contributed by atoms with E-state index in [4.69, 9.17) is 4.79 Å². The molecule has 0 unspecified atom stereocenters. The molecule has 3 heteroatoms. The zero-order valence-electron chi connectivity index (χ0n) is 4.61. The lowest BCUT2D eigenvalue weighted by molar-refractivity contribution is 0.110. The van der Waals surface area contributed by atoms with Crippen LogP contribution in [0.15, 0.2) is 22.8 Å². The molecule has 1 aromatic rings. The molecular weight excluding hydrogens is 120 g/mol. The van der Waals surface area contributed by atoms with Crippen LogP contribution in [0.1, 0.15) is 10.6 Å². The Morgan fingerprint density at radius 2 is 2.22 bits per heavy atom. The van der Waals surface area contributed by atoms with E-state index in [0.29, 0.717) is 12.0 Å². The first-order valence-corrected chi connectivity index (χ1v) is 2.16. The van der Waals surface area contributed by atoms with E-state index in [-0.39, 0.29) is 0 Å². The van der Waals surface area contributed by atoms with Gasteiger partial charge in [0.05, 0.1) is 6.26 Å². The molecule has 0 N–H and O–H groups in total. The molecule has 0 bridgehead atoms. The number of carbonyl (C=O) groups excluding carboxylic acids is 2. The average Bonchev–Trinajstić information content (AvgIpc) is 2.43. The van der Waals surface area contributed by atoms with Crippen molar-refractivity contribution in [2.45, 2.75) is 0 Å². The van der Waals surface area contributed by atoms with Crippen LogP contribution in [0.25, 0.3) is 0 Å². The summed E-state index contributed by atoms with van der Waals surface area (Å²) >= 11 is 0. The molecule has 1 aromatic heterocycles. The highest BCUT2D eigenvalue weighted by molar-refractivity contribution is 5.69. The van der Waals surface area contributed by atoms with Gasteiger partial charge in [0, 0.05) is 0 Å². The number of hydrogen-bond donors (Lipinski definition) is 0. The first kappa shape index (κ1) is 7.62. The topological polar surface area (TPSA) is 47.3 Å². The quantitative estimate of drug-likeness (QED) is 0.522. The van der Waals surface area contributed by atoms with Crippen LogP contribution in [0.2, 0.25) is 0 Å². The molecule has 0 aliphatic rings. The summed E-state index contributed by atoms with van der Waals surface area (Å²) in [6.45, 7) is 3.25. The highest BCUT2D eigenvalue weighted by atomic mass is 16.3. The van der Waals surface area contributed by atoms with Crippen molar-refractivity contribution in [1.82, 2.24) is 0 Å². The average molecular weight is 125 g/mol. The third-order valence-corrected chi connectivity index (χ3v) is 0.659. The molecule has 0 atom stereocenters. The van der Waals surface area contributed by atoms with Gasteiger partial charge in [-0.2, -0.15) is 0 Å². The first-order chi connectivity index (χ1) is 4.43. The molecule has 0 aliphatic carbocycles. The van der Waals surface area contributed by atoms with Crippen LogP contribution in [0.3, 0.4) is 0 Å². The minimum absolute atomic E-state index is 0.375. The van der Waals surface area contributed by atoms with Crippen LogP contribution in [0.4, 0.5) is 0 Å². The van der Waals surface area contributed by atoms with E-state index in [9.17, 15) is 4.79 Å². The van der Waals surface area contributed by atoms with Gasteiger partial charge < -0.3 is 4.42 Å². The van der Waals surface area contributed by atoms with E-state index in [1.165, 1.54) is 6.26 Å². The highest BCUT2D eigenvalue weighted by Gasteiger charge is 1.84. The molecule has 0 fully saturated rings. The largest absolute Gasteiger partial charge is 0.462 e. The van der Waals surface area contributed by atoms with E-state index in [2.05, 4.69) is 11.2 Å². The Morgan fingerprint density at radius 1 is 1.56 bits per heavy atom. The molecule has 9 heavy (non-hydrogen) atoms. The van der Waals surface area contributed by atoms with Gasteiger partial charge in [0.1, 0.15) is 0 Å². The molecule has 1 radical (unpaired) electrons. The zero-order chi connectivity index (χ0) is 7.11. The maximum Gasteiger partial charge on any atom is 0.185 e. The molecule has 3 nitrogen and oxygen atoms in total. The molecule has 0 saturated heterocycles. The molecular formula is C6H5O3. The van der Waals surface area contributed by atoms with Crippen LogP contribution in [0.5, 0.6) is 0 Å². The third-order valence-electron chi connectivity index (χ3n) is 0.659. The highest BCUT2D eigenvalue weighted by Crippen LogP contribution is 1.92. The number of aldehydes is 1. The van der Waals surface area contributed by atoms with E-state index in [1.54, 1.807) is 12.1 Å². The van der Waals surface area contributed by atoms with Crippen LogP contribution in [0, 0.1) is 0 Å². The van der Waals surface area contributed by atoms with Crippen LogP contribution in [-0.2, 0) is 4.79 Å². The summed E-state index contributed by atoms with van der Waals surface area (Å²) in [5, 5.41) is 0. The standard InChI is InChI=1S/C5H4O2.CHO/c6-4-5-2-1-3-7-5;1-2/h1-4H;1H. The van der Waals surface area contributed by atoms with E-state index in [1.807, 2.05) is 0 Å². The predicted molar refractivity (Wildman–Crippen MR) is 30.8 cm³/mol. The van der Waals surface area contributed by atoms with Gasteiger partial charge in [0.15, 0.2) is 18.8 Å². The summed E-state index contributed by atoms with van der Waals surface area (Å²) in [6, 6.07) is 3.27. The normalized spacial score (nSPS) is 7.11. The summed E-state index contributed by atoms with van der Waals surface area (Å²) in [5.74, 6) is 0.375. The Morgan fingerprint density at radius 3 is 2.44 bits per heavy atom. The first-order valence-electron chi connectivity index (χ1n) is 2.16. The Bertz CT molecular complexity index is 155. The second-order valence-corrected chi connectivity index (χ2v) is 1.13. The van der Waals surface area contributed by atoms with Crippen molar-refractivity contribution in [2.75, 3.05) is 0 Å². The molecule has 0 aromatic carbocycles. The minimum atomic E-state index is 0.375. The zero-order valence-corrected chi connectivity index (χ0v) is 4.61. The fourth-order valence-corrected chi connectivity index (χ4v) is 0.358. The van der Waals surface area contributed by atoms with Crippen molar-refractivity contribution in [2.24, 2.45) is 0 Å². The SMILES string of the molecule is O=Cc1ccco1.[CH]=O. The molecule has 0 saturated carbocycles. The number of carbonyl (C=O) groups is 1. The minimum Gasteiger partial charge on any atom is -0.462 e. The molecule has 1 heterocycles. The lowest BCUT2D eigenvalue weighted by Gasteiger charge is -1.68. The van der Waals surface area contributed by atoms with Gasteiger partial charge in [0.2, 0.25) is 0 Å². The van der Waals surface area contributed by atoms with Crippen molar-refractivity contribution in [3.8, 4) is 0 Å². The van der Waals surface area contributed by atoms with Gasteiger partial charge in [-0.15, -0.1) is 0 Å². The lowest BCUT2D eigenvalue weighted by Crippen LogP contribution is -1.65. The molecule has 0 spiro atoms. The molecule has 0 amide bonds. The summed E-state index contributed by atoms with van der Waals surface area (Å²) in [5.41, 5.74) is 0. The van der Waals surface area contributed by atoms with Crippen LogP contribution < -0.4 is 0 Å². The van der Waals surface area contributed by atoms with Crippen LogP contribution >= 0.6 is 0 Å². The number of furan rings is 1. The monoisotopic (exact) mass is 125 g/mol. The van der Waals surface area contributed by atoms with Gasteiger partial charge in [0.25, 0.3) is 0 Å². The van der Waals surface area contributed by atoms with E-state index < -0.39 is 0 Å². The summed E-state index contributed by atoms with van der Waals surface area (Å²) in [6.07, 6.45) is 2.13. The van der Waals surface area contributed by atoms with Gasteiger partial charge in [-0.3, -0.25) is 9.59 Å². The fourth-order valence-electron chi connectivity index (χ4n) is 0.358.